The zero-order chi connectivity index (χ0) is 19.2. The average molecular weight is 495 g/mol. The van der Waals surface area contributed by atoms with Crippen molar-refractivity contribution in [2.45, 2.75) is 85.4 Å². The summed E-state index contributed by atoms with van der Waals surface area (Å²) in [5.41, 5.74) is 0.177. The van der Waals surface area contributed by atoms with Crippen LogP contribution in [0.5, 0.6) is 0 Å². The Morgan fingerprint density at radius 3 is 2.41 bits per heavy atom. The number of halogens is 1. The van der Waals surface area contributed by atoms with Crippen LogP contribution >= 0.6 is 24.0 Å². The van der Waals surface area contributed by atoms with Gasteiger partial charge in [0.25, 0.3) is 0 Å². The number of rotatable bonds is 5. The first kappa shape index (κ1) is 25.0. The molecule has 0 aromatic rings. The number of likely N-dealkylation sites (tertiary alicyclic amines) is 1. The largest absolute Gasteiger partial charge is 0.377 e. The second-order valence-corrected chi connectivity index (χ2v) is 9.33. The van der Waals surface area contributed by atoms with E-state index in [4.69, 9.17) is 9.73 Å². The molecule has 2 N–H and O–H groups in total. The Morgan fingerprint density at radius 1 is 1.19 bits per heavy atom. The molecule has 0 saturated carbocycles. The van der Waals surface area contributed by atoms with E-state index in [0.29, 0.717) is 24.1 Å². The molecule has 2 saturated heterocycles. The van der Waals surface area contributed by atoms with Gasteiger partial charge in [0.2, 0.25) is 0 Å². The molecule has 0 bridgehead atoms. The number of nitrogens with zero attached hydrogens (tertiary/aromatic N) is 2. The predicted octanol–water partition coefficient (Wildman–Crippen LogP) is 3.87. The predicted molar refractivity (Wildman–Crippen MR) is 126 cm³/mol. The lowest BCUT2D eigenvalue weighted by molar-refractivity contribution is -0.0823. The molecular weight excluding hydrogens is 451 g/mol. The zero-order valence-electron chi connectivity index (χ0n) is 18.4. The van der Waals surface area contributed by atoms with Crippen LogP contribution in [0, 0.1) is 11.3 Å². The molecule has 5 nitrogen and oxygen atoms in total. The summed E-state index contributed by atoms with van der Waals surface area (Å²) in [7, 11) is 0. The van der Waals surface area contributed by atoms with Gasteiger partial charge in [0.05, 0.1) is 6.10 Å². The molecule has 27 heavy (non-hydrogen) atoms. The molecule has 2 unspecified atom stereocenters. The maximum absolute atomic E-state index is 6.12. The minimum absolute atomic E-state index is 0. The topological polar surface area (TPSA) is 48.9 Å². The number of ether oxygens (including phenoxy) is 1. The van der Waals surface area contributed by atoms with Crippen LogP contribution in [0.3, 0.4) is 0 Å². The van der Waals surface area contributed by atoms with Crippen molar-refractivity contribution in [2.24, 2.45) is 16.3 Å². The molecule has 2 aliphatic rings. The second-order valence-electron chi connectivity index (χ2n) is 9.33. The summed E-state index contributed by atoms with van der Waals surface area (Å²) >= 11 is 0. The molecule has 0 spiro atoms. The smallest absolute Gasteiger partial charge is 0.191 e. The van der Waals surface area contributed by atoms with E-state index in [1.807, 2.05) is 0 Å². The first-order valence-corrected chi connectivity index (χ1v) is 10.7. The second kappa shape index (κ2) is 11.8. The van der Waals surface area contributed by atoms with Crippen molar-refractivity contribution in [2.75, 3.05) is 32.8 Å². The van der Waals surface area contributed by atoms with E-state index in [1.165, 1.54) is 32.4 Å². The van der Waals surface area contributed by atoms with Crippen molar-refractivity contribution in [1.29, 1.82) is 0 Å². The van der Waals surface area contributed by atoms with Crippen LogP contribution < -0.4 is 10.6 Å². The molecule has 0 amide bonds. The molecule has 2 heterocycles. The average Bonchev–Trinajstić information content (AvgIpc) is 2.60. The third-order valence-corrected chi connectivity index (χ3v) is 5.73. The Kier molecular flexibility index (Phi) is 10.9. The van der Waals surface area contributed by atoms with Crippen LogP contribution in [0.4, 0.5) is 0 Å². The lowest BCUT2D eigenvalue weighted by atomic mass is 9.78. The van der Waals surface area contributed by atoms with Gasteiger partial charge in [0, 0.05) is 50.8 Å². The van der Waals surface area contributed by atoms with Crippen LogP contribution in [0.1, 0.15) is 67.2 Å². The third kappa shape index (κ3) is 8.05. The van der Waals surface area contributed by atoms with E-state index in [-0.39, 0.29) is 29.4 Å². The molecule has 160 valence electrons. The van der Waals surface area contributed by atoms with Gasteiger partial charge in [-0.15, -0.1) is 24.0 Å². The maximum atomic E-state index is 6.12. The Labute approximate surface area is 184 Å². The third-order valence-electron chi connectivity index (χ3n) is 5.73. The number of nitrogens with one attached hydrogen (secondary N) is 2. The highest BCUT2D eigenvalue weighted by Crippen LogP contribution is 2.34. The first-order valence-electron chi connectivity index (χ1n) is 10.7. The lowest BCUT2D eigenvalue weighted by Crippen LogP contribution is -2.50. The van der Waals surface area contributed by atoms with Gasteiger partial charge in [-0.2, -0.15) is 0 Å². The van der Waals surface area contributed by atoms with Crippen LogP contribution in [-0.2, 0) is 4.74 Å². The highest BCUT2D eigenvalue weighted by molar-refractivity contribution is 14.0. The van der Waals surface area contributed by atoms with Gasteiger partial charge in [0.15, 0.2) is 5.96 Å². The van der Waals surface area contributed by atoms with E-state index < -0.39 is 0 Å². The van der Waals surface area contributed by atoms with Crippen LogP contribution in [0.2, 0.25) is 0 Å². The van der Waals surface area contributed by atoms with Crippen molar-refractivity contribution in [3.63, 3.8) is 0 Å². The minimum Gasteiger partial charge on any atom is -0.377 e. The van der Waals surface area contributed by atoms with Crippen molar-refractivity contribution < 1.29 is 4.74 Å². The van der Waals surface area contributed by atoms with Gasteiger partial charge < -0.3 is 20.3 Å². The van der Waals surface area contributed by atoms with Gasteiger partial charge in [-0.25, -0.2) is 0 Å². The van der Waals surface area contributed by atoms with Crippen LogP contribution in [0.25, 0.3) is 0 Å². The molecule has 2 aliphatic heterocycles. The summed E-state index contributed by atoms with van der Waals surface area (Å²) < 4.78 is 6.12. The van der Waals surface area contributed by atoms with Gasteiger partial charge in [-0.3, -0.25) is 4.99 Å². The minimum atomic E-state index is 0. The lowest BCUT2D eigenvalue weighted by Gasteiger charge is -2.39. The van der Waals surface area contributed by atoms with Gasteiger partial charge in [-0.05, 0) is 51.9 Å². The van der Waals surface area contributed by atoms with E-state index in [9.17, 15) is 0 Å². The van der Waals surface area contributed by atoms with Gasteiger partial charge >= 0.3 is 0 Å². The summed E-state index contributed by atoms with van der Waals surface area (Å²) in [4.78, 5) is 7.51. The normalized spacial score (nSPS) is 26.0. The van der Waals surface area contributed by atoms with Crippen molar-refractivity contribution in [3.8, 4) is 0 Å². The maximum Gasteiger partial charge on any atom is 0.191 e. The van der Waals surface area contributed by atoms with E-state index >= 15 is 0 Å². The Balaban J connectivity index is 0.00000364. The number of hydrogen-bond acceptors (Lipinski definition) is 3. The first-order chi connectivity index (χ1) is 12.3. The highest BCUT2D eigenvalue weighted by atomic mass is 127. The molecular formula is C21H43IN4O. The quantitative estimate of drug-likeness (QED) is 0.346. The molecule has 0 aliphatic carbocycles. The van der Waals surface area contributed by atoms with Crippen LogP contribution in [0.15, 0.2) is 4.99 Å². The monoisotopic (exact) mass is 494 g/mol. The molecule has 0 radical (unpaired) electrons. The highest BCUT2D eigenvalue weighted by Gasteiger charge is 2.35. The molecule has 2 rings (SSSR count). The SMILES string of the molecule is CCNC(=NCC1CCCOC1C(C)(C)C)NC1CCN(C(C)C)CC1.I. The Hall–Kier alpha value is -0.0800. The fourth-order valence-electron chi connectivity index (χ4n) is 4.27. The van der Waals surface area contributed by atoms with E-state index in [2.05, 4.69) is 57.1 Å². The van der Waals surface area contributed by atoms with Crippen molar-refractivity contribution in [1.82, 2.24) is 15.5 Å². The number of guanidine groups is 1. The molecule has 2 atom stereocenters. The summed E-state index contributed by atoms with van der Waals surface area (Å²) in [5.74, 6) is 1.50. The summed E-state index contributed by atoms with van der Waals surface area (Å²) in [6.07, 6.45) is 5.07. The Bertz CT molecular complexity index is 442. The molecule has 6 heteroatoms. The standard InChI is InChI=1S/C21H42N4O.HI/c1-7-22-20(24-18-10-12-25(13-11-18)16(2)3)23-15-17-9-8-14-26-19(17)21(4,5)6;/h16-19H,7-15H2,1-6H3,(H2,22,23,24);1H. The van der Waals surface area contributed by atoms with E-state index in [0.717, 1.165) is 32.1 Å². The Morgan fingerprint density at radius 2 is 1.85 bits per heavy atom. The fourth-order valence-corrected chi connectivity index (χ4v) is 4.27. The number of hydrogen-bond donors (Lipinski definition) is 2. The number of piperidine rings is 1. The summed E-state index contributed by atoms with van der Waals surface area (Å²) in [5, 5.41) is 7.12. The molecule has 2 fully saturated rings. The number of aliphatic imine (C=N–C) groups is 1. The molecule has 0 aromatic carbocycles. The van der Waals surface area contributed by atoms with Crippen molar-refractivity contribution >= 4 is 29.9 Å². The van der Waals surface area contributed by atoms with E-state index in [1.54, 1.807) is 0 Å². The van der Waals surface area contributed by atoms with Gasteiger partial charge in [0.1, 0.15) is 0 Å². The van der Waals surface area contributed by atoms with Crippen LogP contribution in [-0.4, -0.2) is 61.8 Å². The van der Waals surface area contributed by atoms with Gasteiger partial charge in [-0.1, -0.05) is 20.8 Å². The summed E-state index contributed by atoms with van der Waals surface area (Å²) in [6, 6.07) is 1.18. The van der Waals surface area contributed by atoms with Crippen molar-refractivity contribution in [3.05, 3.63) is 0 Å². The summed E-state index contributed by atoms with van der Waals surface area (Å²) in [6.45, 7) is 18.6. The fraction of sp³-hybridized carbons (Fsp3) is 0.952. The zero-order valence-corrected chi connectivity index (χ0v) is 20.7. The molecule has 0 aromatic heterocycles.